The minimum Gasteiger partial charge on any atom is -0.343 e. The zero-order chi connectivity index (χ0) is 13.7. The summed E-state index contributed by atoms with van der Waals surface area (Å²) in [4.78, 5) is 0. The van der Waals surface area contributed by atoms with Crippen LogP contribution in [0.4, 0.5) is 5.69 Å². The molecule has 88 valence electrons. The fraction of sp³-hybridized carbons (Fsp3) is 0. The molecule has 0 aliphatic rings. The van der Waals surface area contributed by atoms with Crippen LogP contribution < -0.4 is 5.32 Å². The first-order valence-electron chi connectivity index (χ1n) is 4.39. The van der Waals surface area contributed by atoms with Gasteiger partial charge in [-0.2, -0.15) is 15.8 Å². The van der Waals surface area contributed by atoms with E-state index < -0.39 is 0 Å². The van der Waals surface area contributed by atoms with Gasteiger partial charge in [-0.05, 0) is 44.0 Å². The van der Waals surface area contributed by atoms with Gasteiger partial charge in [-0.15, -0.1) is 0 Å². The monoisotopic (exact) mass is 384 g/mol. The molecule has 1 aromatic rings. The van der Waals surface area contributed by atoms with Crippen molar-refractivity contribution in [3.63, 3.8) is 0 Å². The van der Waals surface area contributed by atoms with Crippen LogP contribution in [0.5, 0.6) is 0 Å². The molecule has 0 radical (unpaired) electrons. The Morgan fingerprint density at radius 1 is 1.06 bits per heavy atom. The Bertz CT molecular complexity index is 607. The predicted octanol–water partition coefficient (Wildman–Crippen LogP) is 4.10. The Kier molecular flexibility index (Phi) is 5.19. The molecule has 0 fully saturated rings. The first-order chi connectivity index (χ1) is 8.53. The summed E-state index contributed by atoms with van der Waals surface area (Å²) in [6.07, 6.45) is 0. The van der Waals surface area contributed by atoms with E-state index in [4.69, 9.17) is 27.4 Å². The van der Waals surface area contributed by atoms with Gasteiger partial charge in [-0.25, -0.2) is 0 Å². The van der Waals surface area contributed by atoms with Crippen molar-refractivity contribution in [2.45, 2.75) is 0 Å². The number of nitrogens with zero attached hydrogens (tertiary/aromatic N) is 3. The van der Waals surface area contributed by atoms with Gasteiger partial charge in [0.15, 0.2) is 5.57 Å². The highest BCUT2D eigenvalue weighted by Gasteiger charge is 2.11. The molecule has 0 heterocycles. The average molecular weight is 386 g/mol. The second-order valence-electron chi connectivity index (χ2n) is 2.95. The second kappa shape index (κ2) is 6.42. The maximum absolute atomic E-state index is 8.93. The van der Waals surface area contributed by atoms with Crippen LogP contribution in [0, 0.1) is 34.0 Å². The fourth-order valence-electron chi connectivity index (χ4n) is 1.07. The number of nitriles is 3. The Labute approximate surface area is 125 Å². The van der Waals surface area contributed by atoms with Crippen LogP contribution in [0.1, 0.15) is 0 Å². The molecule has 4 nitrogen and oxygen atoms in total. The summed E-state index contributed by atoms with van der Waals surface area (Å²) in [5, 5.41) is 29.6. The van der Waals surface area contributed by atoms with Crippen molar-refractivity contribution in [3.05, 3.63) is 37.4 Å². The first kappa shape index (κ1) is 14.5. The van der Waals surface area contributed by atoms with E-state index in [1.54, 1.807) is 30.3 Å². The summed E-state index contributed by atoms with van der Waals surface area (Å²) in [5.74, 6) is 0. The van der Waals surface area contributed by atoms with Gasteiger partial charge in [0.2, 0.25) is 0 Å². The van der Waals surface area contributed by atoms with Crippen LogP contribution >= 0.6 is 43.5 Å². The number of hydrogen-bond acceptors (Lipinski definition) is 4. The molecule has 1 rings (SSSR count). The third-order valence-corrected chi connectivity index (χ3v) is 3.31. The van der Waals surface area contributed by atoms with Crippen molar-refractivity contribution >= 4 is 49.1 Å². The topological polar surface area (TPSA) is 83.4 Å². The largest absolute Gasteiger partial charge is 0.343 e. The lowest BCUT2D eigenvalue weighted by molar-refractivity contribution is 1.36. The van der Waals surface area contributed by atoms with Crippen LogP contribution in [-0.2, 0) is 0 Å². The van der Waals surface area contributed by atoms with Crippen LogP contribution in [0.2, 0.25) is 5.02 Å². The average Bonchev–Trinajstić information content (AvgIpc) is 2.32. The molecule has 0 bridgehead atoms. The highest BCUT2D eigenvalue weighted by molar-refractivity contribution is 9.11. The number of allylic oxidation sites excluding steroid dienone is 2. The summed E-state index contributed by atoms with van der Waals surface area (Å²) < 4.78 is 1.20. The van der Waals surface area contributed by atoms with E-state index in [1.807, 2.05) is 0 Å². The lowest BCUT2D eigenvalue weighted by Crippen LogP contribution is -2.02. The number of benzene rings is 1. The third kappa shape index (κ3) is 3.24. The van der Waals surface area contributed by atoms with Gasteiger partial charge in [0.25, 0.3) is 0 Å². The smallest absolute Gasteiger partial charge is 0.163 e. The minimum atomic E-state index is -0.286. The molecule has 0 aliphatic heterocycles. The van der Waals surface area contributed by atoms with Gasteiger partial charge < -0.3 is 5.32 Å². The number of anilines is 1. The van der Waals surface area contributed by atoms with Gasteiger partial charge >= 0.3 is 0 Å². The zero-order valence-corrected chi connectivity index (χ0v) is 12.6. The molecule has 7 heteroatoms. The van der Waals surface area contributed by atoms with Gasteiger partial charge in [0.05, 0.1) is 5.69 Å². The number of nitrogens with one attached hydrogen (secondary N) is 1. The SMILES string of the molecule is N#CC(C#N)=C(C#N)Nc1c(Br)cc(Cl)cc1Br. The third-order valence-electron chi connectivity index (χ3n) is 1.84. The Balaban J connectivity index is 3.30. The Morgan fingerprint density at radius 3 is 1.94 bits per heavy atom. The molecule has 0 spiro atoms. The summed E-state index contributed by atoms with van der Waals surface area (Å²) in [7, 11) is 0. The number of hydrogen-bond donors (Lipinski definition) is 1. The molecule has 0 aliphatic carbocycles. The Morgan fingerprint density at radius 2 is 1.56 bits per heavy atom. The van der Waals surface area contributed by atoms with Crippen molar-refractivity contribution in [1.82, 2.24) is 0 Å². The molecule has 0 saturated carbocycles. The van der Waals surface area contributed by atoms with E-state index in [1.165, 1.54) is 0 Å². The van der Waals surface area contributed by atoms with Crippen LogP contribution in [0.3, 0.4) is 0 Å². The Hall–Kier alpha value is -1.52. The van der Waals surface area contributed by atoms with Gasteiger partial charge in [0, 0.05) is 14.0 Å². The first-order valence-corrected chi connectivity index (χ1v) is 6.36. The molecule has 0 atom stereocenters. The maximum atomic E-state index is 8.93. The van der Waals surface area contributed by atoms with Crippen molar-refractivity contribution in [3.8, 4) is 18.2 Å². The summed E-state index contributed by atoms with van der Waals surface area (Å²) >= 11 is 12.4. The second-order valence-corrected chi connectivity index (χ2v) is 5.10. The summed E-state index contributed by atoms with van der Waals surface area (Å²) in [6.45, 7) is 0. The van der Waals surface area contributed by atoms with Crippen molar-refractivity contribution in [2.75, 3.05) is 5.32 Å². The molecule has 0 aromatic heterocycles. The lowest BCUT2D eigenvalue weighted by Gasteiger charge is -2.10. The van der Waals surface area contributed by atoms with E-state index in [9.17, 15) is 0 Å². The molecule has 0 amide bonds. The molecule has 0 unspecified atom stereocenters. The van der Waals surface area contributed by atoms with E-state index in [-0.39, 0.29) is 11.3 Å². The van der Waals surface area contributed by atoms with Gasteiger partial charge in [-0.1, -0.05) is 11.6 Å². The van der Waals surface area contributed by atoms with Gasteiger partial charge in [0.1, 0.15) is 23.9 Å². The van der Waals surface area contributed by atoms with Crippen molar-refractivity contribution < 1.29 is 0 Å². The van der Waals surface area contributed by atoms with Crippen molar-refractivity contribution in [2.24, 2.45) is 0 Å². The normalized spacial score (nSPS) is 8.67. The highest BCUT2D eigenvalue weighted by atomic mass is 79.9. The summed E-state index contributed by atoms with van der Waals surface area (Å²) in [6, 6.07) is 8.32. The fourth-order valence-corrected chi connectivity index (χ4v) is 2.94. The van der Waals surface area contributed by atoms with E-state index >= 15 is 0 Å². The predicted molar refractivity (Wildman–Crippen MR) is 74.3 cm³/mol. The number of halogens is 3. The van der Waals surface area contributed by atoms with Crippen LogP contribution in [-0.4, -0.2) is 0 Å². The maximum Gasteiger partial charge on any atom is 0.163 e. The molecule has 1 aromatic carbocycles. The zero-order valence-electron chi connectivity index (χ0n) is 8.63. The minimum absolute atomic E-state index is 0.122. The van der Waals surface area contributed by atoms with E-state index in [0.29, 0.717) is 19.7 Å². The number of rotatable bonds is 2. The molecular weight excluding hydrogens is 383 g/mol. The molecule has 18 heavy (non-hydrogen) atoms. The molecule has 0 saturated heterocycles. The molecule has 1 N–H and O–H groups in total. The van der Waals surface area contributed by atoms with Crippen LogP contribution in [0.15, 0.2) is 32.3 Å². The van der Waals surface area contributed by atoms with Gasteiger partial charge in [-0.3, -0.25) is 0 Å². The quantitative estimate of drug-likeness (QED) is 0.776. The standard InChI is InChI=1S/C11H3Br2ClN4/c12-8-1-7(14)2-9(13)11(8)18-10(5-17)6(3-15)4-16/h1-2,18H. The summed E-state index contributed by atoms with van der Waals surface area (Å²) in [5.41, 5.74) is 0.105. The lowest BCUT2D eigenvalue weighted by atomic mass is 10.2. The molecular formula is C11H3Br2ClN4. The van der Waals surface area contributed by atoms with E-state index in [2.05, 4.69) is 37.2 Å². The van der Waals surface area contributed by atoms with Crippen LogP contribution in [0.25, 0.3) is 0 Å². The highest BCUT2D eigenvalue weighted by Crippen LogP contribution is 2.35. The van der Waals surface area contributed by atoms with Crippen molar-refractivity contribution in [1.29, 1.82) is 15.8 Å². The van der Waals surface area contributed by atoms with E-state index in [0.717, 1.165) is 0 Å².